The van der Waals surface area contributed by atoms with Gasteiger partial charge in [0.05, 0.1) is 0 Å². The maximum Gasteiger partial charge on any atom is 0.238 e. The van der Waals surface area contributed by atoms with E-state index >= 15 is 0 Å². The fraction of sp³-hybridized carbons (Fsp3) is 0.333. The van der Waals surface area contributed by atoms with Crippen LogP contribution in [0.3, 0.4) is 0 Å². The monoisotopic (exact) mass is 226 g/mol. The molecule has 9 heteroatoms. The van der Waals surface area contributed by atoms with E-state index in [1.165, 1.54) is 0 Å². The van der Waals surface area contributed by atoms with Gasteiger partial charge in [0.15, 0.2) is 0 Å². The van der Waals surface area contributed by atoms with Gasteiger partial charge in [0.25, 0.3) is 0 Å². The number of hydrogen-bond acceptors (Lipinski definition) is 9. The van der Waals surface area contributed by atoms with E-state index in [0.29, 0.717) is 11.8 Å². The van der Waals surface area contributed by atoms with Crippen LogP contribution in [0.4, 0.5) is 0 Å². The third kappa shape index (κ3) is 6.01. The van der Waals surface area contributed by atoms with Crippen LogP contribution in [0.15, 0.2) is 20.0 Å². The molecule has 0 radical (unpaired) electrons. The summed E-state index contributed by atoms with van der Waals surface area (Å²) in [6.45, 7) is 0. The van der Waals surface area contributed by atoms with Crippen molar-refractivity contribution in [1.82, 2.24) is 0 Å². The summed E-state index contributed by atoms with van der Waals surface area (Å²) in [6, 6.07) is 0. The van der Waals surface area contributed by atoms with E-state index in [0.717, 1.165) is 24.3 Å². The lowest BCUT2D eigenvalue weighted by molar-refractivity contribution is 0.558. The molecule has 0 aliphatic heterocycles. The van der Waals surface area contributed by atoms with Gasteiger partial charge in [0, 0.05) is 0 Å². The predicted octanol–water partition coefficient (Wildman–Crippen LogP) is -0.370. The van der Waals surface area contributed by atoms with Gasteiger partial charge in [0.1, 0.15) is 0 Å². The predicted molar refractivity (Wildman–Crippen MR) is 47.7 cm³/mol. The number of nitrogens with zero attached hydrogens (tertiary/aromatic N) is 4. The van der Waals surface area contributed by atoms with Crippen LogP contribution in [-0.4, -0.2) is 35.3 Å². The van der Waals surface area contributed by atoms with Crippen molar-refractivity contribution in [2.24, 2.45) is 20.0 Å². The minimum Gasteiger partial charge on any atom is -0.211 e. The topological polar surface area (TPSA) is 118 Å². The average molecular weight is 226 g/mol. The first-order chi connectivity index (χ1) is 7.28. The van der Waals surface area contributed by atoms with Crippen molar-refractivity contribution in [3.05, 3.63) is 0 Å². The Kier molecular flexibility index (Phi) is 7.27. The third-order valence-electron chi connectivity index (χ3n) is 0.896. The molecule has 0 aliphatic carbocycles. The Hall–Kier alpha value is -2.13. The highest BCUT2D eigenvalue weighted by Crippen LogP contribution is 2.20. The molecular formula is C6H2N4O4S. The molecule has 0 atom stereocenters. The van der Waals surface area contributed by atoms with E-state index in [1.54, 1.807) is 0 Å². The van der Waals surface area contributed by atoms with Crippen molar-refractivity contribution < 1.29 is 19.2 Å². The second-order valence-corrected chi connectivity index (χ2v) is 2.79. The van der Waals surface area contributed by atoms with E-state index in [9.17, 15) is 19.2 Å². The summed E-state index contributed by atoms with van der Waals surface area (Å²) >= 11 is 0.571. The lowest BCUT2D eigenvalue weighted by Gasteiger charge is -2.03. The first-order valence-corrected chi connectivity index (χ1v) is 4.16. The summed E-state index contributed by atoms with van der Waals surface area (Å²) in [5.41, 5.74) is -2.42. The molecule has 0 rings (SSSR count). The smallest absolute Gasteiger partial charge is 0.211 e. The minimum atomic E-state index is -1.21. The Labute approximate surface area is 86.9 Å². The minimum absolute atomic E-state index is 0.571. The largest absolute Gasteiger partial charge is 0.238 e. The second kappa shape index (κ2) is 8.47. The molecule has 0 N–H and O–H groups in total. The summed E-state index contributed by atoms with van der Waals surface area (Å²) < 4.78 is 0. The van der Waals surface area contributed by atoms with E-state index in [-0.39, 0.29) is 0 Å². The maximum absolute atomic E-state index is 9.88. The molecule has 8 nitrogen and oxygen atoms in total. The van der Waals surface area contributed by atoms with Crippen molar-refractivity contribution in [1.29, 1.82) is 0 Å². The van der Waals surface area contributed by atoms with Crippen molar-refractivity contribution in [3.8, 4) is 0 Å². The van der Waals surface area contributed by atoms with E-state index in [4.69, 9.17) is 0 Å². The lowest BCUT2D eigenvalue weighted by Crippen LogP contribution is -2.02. The molecule has 0 heterocycles. The zero-order valence-corrected chi connectivity index (χ0v) is 7.80. The Balaban J connectivity index is 4.73. The second-order valence-electron chi connectivity index (χ2n) is 1.67. The van der Waals surface area contributed by atoms with E-state index in [1.807, 2.05) is 0 Å². The maximum atomic E-state index is 9.88. The van der Waals surface area contributed by atoms with Gasteiger partial charge in [-0.25, -0.2) is 19.2 Å². The molecule has 0 aromatic carbocycles. The fourth-order valence-corrected chi connectivity index (χ4v) is 1.10. The molecule has 0 spiro atoms. The number of rotatable bonds is 6. The lowest BCUT2D eigenvalue weighted by atomic mass is 11.1. The first kappa shape index (κ1) is 12.9. The van der Waals surface area contributed by atoms with E-state index < -0.39 is 11.0 Å². The number of hydrogen-bond donors (Lipinski definition) is 0. The third-order valence-corrected chi connectivity index (χ3v) is 1.80. The van der Waals surface area contributed by atoms with Crippen molar-refractivity contribution in [2.45, 2.75) is 11.0 Å². The van der Waals surface area contributed by atoms with Crippen molar-refractivity contribution in [3.63, 3.8) is 0 Å². The summed E-state index contributed by atoms with van der Waals surface area (Å²) in [7, 11) is 0. The highest BCUT2D eigenvalue weighted by atomic mass is 32.2. The number of isocyanates is 4. The van der Waals surface area contributed by atoms with Crippen LogP contribution in [0.25, 0.3) is 0 Å². The Morgan fingerprint density at radius 1 is 0.667 bits per heavy atom. The molecule has 15 heavy (non-hydrogen) atoms. The quantitative estimate of drug-likeness (QED) is 0.452. The molecule has 0 fully saturated rings. The van der Waals surface area contributed by atoms with Crippen LogP contribution >= 0.6 is 11.8 Å². The molecule has 0 bridgehead atoms. The number of thioether (sulfide) groups is 1. The zero-order chi connectivity index (χ0) is 11.5. The van der Waals surface area contributed by atoms with Crippen LogP contribution in [0.5, 0.6) is 0 Å². The van der Waals surface area contributed by atoms with Gasteiger partial charge in [-0.3, -0.25) is 0 Å². The first-order valence-electron chi connectivity index (χ1n) is 3.22. The van der Waals surface area contributed by atoms with Crippen LogP contribution in [-0.2, 0) is 19.2 Å². The summed E-state index contributed by atoms with van der Waals surface area (Å²) in [6.07, 6.45) is 4.57. The normalized spacial score (nSPS) is 11.7. The van der Waals surface area contributed by atoms with Gasteiger partial charge >= 0.3 is 0 Å². The molecule has 0 amide bonds. The molecule has 0 aromatic heterocycles. The van der Waals surface area contributed by atoms with Crippen LogP contribution < -0.4 is 0 Å². The summed E-state index contributed by atoms with van der Waals surface area (Å²) in [5.74, 6) is 0. The molecule has 0 saturated carbocycles. The summed E-state index contributed by atoms with van der Waals surface area (Å²) in [4.78, 5) is 51.8. The highest BCUT2D eigenvalue weighted by molar-refractivity contribution is 8.00. The number of aliphatic imine (C=N–C) groups is 4. The van der Waals surface area contributed by atoms with Gasteiger partial charge in [0.2, 0.25) is 35.3 Å². The molecule has 0 aliphatic rings. The molecule has 0 saturated heterocycles. The van der Waals surface area contributed by atoms with Crippen molar-refractivity contribution >= 4 is 36.1 Å². The molecule has 76 valence electrons. The van der Waals surface area contributed by atoms with Gasteiger partial charge in [-0.05, 0) is 0 Å². The Morgan fingerprint density at radius 3 is 1.13 bits per heavy atom. The van der Waals surface area contributed by atoms with Crippen LogP contribution in [0, 0.1) is 0 Å². The van der Waals surface area contributed by atoms with Gasteiger partial charge in [-0.1, -0.05) is 11.8 Å². The molecular weight excluding hydrogens is 224 g/mol. The van der Waals surface area contributed by atoms with Gasteiger partial charge < -0.3 is 0 Å². The van der Waals surface area contributed by atoms with E-state index in [2.05, 4.69) is 20.0 Å². The van der Waals surface area contributed by atoms with Gasteiger partial charge in [-0.15, -0.1) is 0 Å². The van der Waals surface area contributed by atoms with Gasteiger partial charge in [-0.2, -0.15) is 20.0 Å². The summed E-state index contributed by atoms with van der Waals surface area (Å²) in [5, 5.41) is 0. The Bertz CT molecular complexity index is 325. The molecule has 0 unspecified atom stereocenters. The fourth-order valence-electron chi connectivity index (χ4n) is 0.469. The zero-order valence-electron chi connectivity index (χ0n) is 6.98. The average Bonchev–Trinajstić information content (AvgIpc) is 2.19. The Morgan fingerprint density at radius 2 is 0.933 bits per heavy atom. The van der Waals surface area contributed by atoms with Crippen LogP contribution in [0.2, 0.25) is 0 Å². The van der Waals surface area contributed by atoms with Crippen LogP contribution in [0.1, 0.15) is 0 Å². The highest BCUT2D eigenvalue weighted by Gasteiger charge is 2.13. The molecule has 0 aromatic rings. The van der Waals surface area contributed by atoms with Crippen molar-refractivity contribution in [2.75, 3.05) is 0 Å². The number of carbonyl (C=O) groups excluding carboxylic acids is 4. The SMILES string of the molecule is O=C=NC(N=C=O)SC(N=C=O)N=C=O. The standard InChI is InChI=1S/C6H2N4O4S/c11-1-7-5(8-2-12)15-6(9-3-13)10-4-14/h5-6H.